The first-order chi connectivity index (χ1) is 7.11. The van der Waals surface area contributed by atoms with E-state index in [2.05, 4.69) is 10.6 Å². The lowest BCUT2D eigenvalue weighted by molar-refractivity contribution is -0.122. The van der Waals surface area contributed by atoms with E-state index < -0.39 is 0 Å². The lowest BCUT2D eigenvalue weighted by Gasteiger charge is -2.16. The summed E-state index contributed by atoms with van der Waals surface area (Å²) in [6.45, 7) is 5.46. The molecule has 1 aliphatic heterocycles. The summed E-state index contributed by atoms with van der Waals surface area (Å²) in [5, 5.41) is 15.5. The molecule has 2 unspecified atom stereocenters. The Bertz CT molecular complexity index is 201. The van der Waals surface area contributed by atoms with E-state index in [9.17, 15) is 9.90 Å². The molecule has 0 aromatic carbocycles. The van der Waals surface area contributed by atoms with Crippen LogP contribution < -0.4 is 10.6 Å². The molecule has 0 spiro atoms. The molecule has 15 heavy (non-hydrogen) atoms. The summed E-state index contributed by atoms with van der Waals surface area (Å²) in [6.07, 6.45) is 2.32. The maximum Gasteiger partial charge on any atom is 0.237 e. The Morgan fingerprint density at radius 2 is 2.33 bits per heavy atom. The van der Waals surface area contributed by atoms with Crippen molar-refractivity contribution < 1.29 is 9.90 Å². The summed E-state index contributed by atoms with van der Waals surface area (Å²) in [6, 6.07) is -0.0128. The van der Waals surface area contributed by atoms with Crippen LogP contribution in [-0.4, -0.2) is 36.2 Å². The van der Waals surface area contributed by atoms with Crippen LogP contribution in [0.25, 0.3) is 0 Å². The van der Waals surface area contributed by atoms with Gasteiger partial charge in [0.1, 0.15) is 0 Å². The second-order valence-corrected chi connectivity index (χ2v) is 4.54. The van der Waals surface area contributed by atoms with E-state index in [0.717, 1.165) is 19.4 Å². The van der Waals surface area contributed by atoms with E-state index in [1.165, 1.54) is 0 Å². The fraction of sp³-hybridized carbons (Fsp3) is 0.909. The first kappa shape index (κ1) is 12.5. The van der Waals surface area contributed by atoms with Crippen molar-refractivity contribution in [3.05, 3.63) is 0 Å². The molecule has 0 aromatic rings. The van der Waals surface area contributed by atoms with Gasteiger partial charge in [0.15, 0.2) is 0 Å². The molecule has 1 rings (SSSR count). The summed E-state index contributed by atoms with van der Waals surface area (Å²) in [7, 11) is 0. The van der Waals surface area contributed by atoms with Gasteiger partial charge in [0.2, 0.25) is 5.91 Å². The Balaban J connectivity index is 2.11. The normalized spacial score (nSPS) is 23.1. The van der Waals surface area contributed by atoms with Crippen molar-refractivity contribution >= 4 is 5.91 Å². The molecule has 0 aliphatic carbocycles. The Kier molecular flexibility index (Phi) is 5.05. The van der Waals surface area contributed by atoms with Gasteiger partial charge < -0.3 is 15.7 Å². The van der Waals surface area contributed by atoms with Crippen LogP contribution in [0.5, 0.6) is 0 Å². The van der Waals surface area contributed by atoms with Crippen LogP contribution in [0, 0.1) is 5.92 Å². The molecule has 1 fully saturated rings. The minimum Gasteiger partial charge on any atom is -0.393 e. The zero-order valence-corrected chi connectivity index (χ0v) is 9.62. The van der Waals surface area contributed by atoms with Crippen LogP contribution in [0.2, 0.25) is 0 Å². The number of amides is 1. The number of nitrogens with one attached hydrogen (secondary N) is 2. The van der Waals surface area contributed by atoms with Gasteiger partial charge in [0.25, 0.3) is 0 Å². The Morgan fingerprint density at radius 1 is 1.60 bits per heavy atom. The third-order valence-electron chi connectivity index (χ3n) is 2.89. The summed E-state index contributed by atoms with van der Waals surface area (Å²) < 4.78 is 0. The highest BCUT2D eigenvalue weighted by Crippen LogP contribution is 2.06. The van der Waals surface area contributed by atoms with Crippen LogP contribution in [0.3, 0.4) is 0 Å². The van der Waals surface area contributed by atoms with Crippen molar-refractivity contribution in [1.82, 2.24) is 10.6 Å². The molecule has 0 aromatic heterocycles. The number of rotatable bonds is 5. The summed E-state index contributed by atoms with van der Waals surface area (Å²) >= 11 is 0. The van der Waals surface area contributed by atoms with Gasteiger partial charge in [-0.1, -0.05) is 13.8 Å². The van der Waals surface area contributed by atoms with Crippen molar-refractivity contribution in [3.8, 4) is 0 Å². The van der Waals surface area contributed by atoms with Crippen molar-refractivity contribution in [2.75, 3.05) is 13.1 Å². The largest absolute Gasteiger partial charge is 0.393 e. The number of aliphatic hydroxyl groups is 1. The second-order valence-electron chi connectivity index (χ2n) is 4.54. The summed E-state index contributed by atoms with van der Waals surface area (Å²) in [4.78, 5) is 11.5. The minimum atomic E-state index is -0.318. The summed E-state index contributed by atoms with van der Waals surface area (Å²) in [5.74, 6) is 0.329. The van der Waals surface area contributed by atoms with E-state index in [4.69, 9.17) is 0 Å². The number of carbonyl (C=O) groups excluding carboxylic acids is 1. The van der Waals surface area contributed by atoms with E-state index in [1.54, 1.807) is 0 Å². The number of aliphatic hydroxyl groups excluding tert-OH is 1. The topological polar surface area (TPSA) is 61.4 Å². The van der Waals surface area contributed by atoms with Crippen LogP contribution >= 0.6 is 0 Å². The van der Waals surface area contributed by atoms with Gasteiger partial charge in [-0.25, -0.2) is 0 Å². The van der Waals surface area contributed by atoms with Gasteiger partial charge in [-0.2, -0.15) is 0 Å². The highest BCUT2D eigenvalue weighted by Gasteiger charge is 2.21. The number of hydrogen-bond donors (Lipinski definition) is 3. The summed E-state index contributed by atoms with van der Waals surface area (Å²) in [5.41, 5.74) is 0. The Hall–Kier alpha value is -0.610. The van der Waals surface area contributed by atoms with Gasteiger partial charge in [0.05, 0.1) is 12.1 Å². The molecule has 0 radical (unpaired) electrons. The van der Waals surface area contributed by atoms with Crippen LogP contribution in [0.15, 0.2) is 0 Å². The fourth-order valence-electron chi connectivity index (χ4n) is 1.71. The fourth-order valence-corrected chi connectivity index (χ4v) is 1.71. The molecule has 4 heteroatoms. The average Bonchev–Trinajstić information content (AvgIpc) is 2.70. The molecule has 1 saturated heterocycles. The first-order valence-electron chi connectivity index (χ1n) is 5.80. The van der Waals surface area contributed by atoms with Gasteiger partial charge in [-0.15, -0.1) is 0 Å². The molecule has 88 valence electrons. The van der Waals surface area contributed by atoms with E-state index in [1.807, 2.05) is 13.8 Å². The zero-order valence-electron chi connectivity index (χ0n) is 9.62. The first-order valence-corrected chi connectivity index (χ1v) is 5.80. The molecular formula is C11H22N2O2. The highest BCUT2D eigenvalue weighted by molar-refractivity contribution is 5.81. The highest BCUT2D eigenvalue weighted by atomic mass is 16.3. The standard InChI is InChI=1S/C11H22N2O2/c1-8(2)10(14)5-7-13-11(15)9-4-3-6-12-9/h8-10,12,14H,3-7H2,1-2H3,(H,13,15). The molecular weight excluding hydrogens is 192 g/mol. The monoisotopic (exact) mass is 214 g/mol. The van der Waals surface area contributed by atoms with Gasteiger partial charge in [0, 0.05) is 6.54 Å². The third kappa shape index (κ3) is 4.18. The van der Waals surface area contributed by atoms with E-state index >= 15 is 0 Å². The molecule has 0 saturated carbocycles. The average molecular weight is 214 g/mol. The molecule has 0 bridgehead atoms. The predicted molar refractivity (Wildman–Crippen MR) is 59.5 cm³/mol. The molecule has 3 N–H and O–H groups in total. The zero-order chi connectivity index (χ0) is 11.3. The molecule has 1 aliphatic rings. The number of carbonyl (C=O) groups is 1. The van der Waals surface area contributed by atoms with Gasteiger partial charge >= 0.3 is 0 Å². The number of hydrogen-bond acceptors (Lipinski definition) is 3. The van der Waals surface area contributed by atoms with Crippen molar-refractivity contribution in [2.45, 2.75) is 45.3 Å². The lowest BCUT2D eigenvalue weighted by atomic mass is 10.0. The maximum absolute atomic E-state index is 11.5. The van der Waals surface area contributed by atoms with Gasteiger partial charge in [-0.3, -0.25) is 4.79 Å². The SMILES string of the molecule is CC(C)C(O)CCNC(=O)C1CCCN1. The van der Waals surface area contributed by atoms with Crippen molar-refractivity contribution in [2.24, 2.45) is 5.92 Å². The van der Waals surface area contributed by atoms with Crippen LogP contribution in [0.1, 0.15) is 33.1 Å². The smallest absolute Gasteiger partial charge is 0.237 e. The Labute approximate surface area is 91.4 Å². The van der Waals surface area contributed by atoms with Gasteiger partial charge in [-0.05, 0) is 31.7 Å². The lowest BCUT2D eigenvalue weighted by Crippen LogP contribution is -2.41. The second kappa shape index (κ2) is 6.08. The van der Waals surface area contributed by atoms with E-state index in [-0.39, 0.29) is 24.0 Å². The van der Waals surface area contributed by atoms with Crippen molar-refractivity contribution in [3.63, 3.8) is 0 Å². The Morgan fingerprint density at radius 3 is 2.87 bits per heavy atom. The predicted octanol–water partition coefficient (Wildman–Crippen LogP) is 0.262. The van der Waals surface area contributed by atoms with Crippen molar-refractivity contribution in [1.29, 1.82) is 0 Å². The minimum absolute atomic E-state index is 0.0128. The maximum atomic E-state index is 11.5. The molecule has 1 heterocycles. The van der Waals surface area contributed by atoms with Crippen LogP contribution in [0.4, 0.5) is 0 Å². The third-order valence-corrected chi connectivity index (χ3v) is 2.89. The quantitative estimate of drug-likeness (QED) is 0.615. The van der Waals surface area contributed by atoms with Crippen LogP contribution in [-0.2, 0) is 4.79 Å². The molecule has 2 atom stereocenters. The van der Waals surface area contributed by atoms with E-state index in [0.29, 0.717) is 13.0 Å². The molecule has 4 nitrogen and oxygen atoms in total. The molecule has 1 amide bonds.